The third kappa shape index (κ3) is 6.85. The number of methoxy groups -OCH3 is 1. The van der Waals surface area contributed by atoms with E-state index in [4.69, 9.17) is 14.2 Å². The first-order valence-corrected chi connectivity index (χ1v) is 11.3. The van der Waals surface area contributed by atoms with Crippen LogP contribution < -0.4 is 14.8 Å². The summed E-state index contributed by atoms with van der Waals surface area (Å²) in [6, 6.07) is 5.53. The molecule has 0 saturated heterocycles. The Morgan fingerprint density at radius 3 is 2.58 bits per heavy atom. The predicted octanol–water partition coefficient (Wildman–Crippen LogP) is 5.77. The normalized spacial score (nSPS) is 10.9. The molecule has 2 aromatic rings. The second kappa shape index (κ2) is 12.2. The molecule has 0 atom stereocenters. The van der Waals surface area contributed by atoms with Crippen LogP contribution >= 0.6 is 11.3 Å². The number of carbonyl (C=O) groups is 2. The van der Waals surface area contributed by atoms with Crippen LogP contribution in [-0.4, -0.2) is 32.2 Å². The number of amides is 1. The number of hydrogen-bond acceptors (Lipinski definition) is 6. The van der Waals surface area contributed by atoms with Gasteiger partial charge in [-0.3, -0.25) is 4.79 Å². The number of thiophene rings is 1. The molecule has 0 bridgehead atoms. The van der Waals surface area contributed by atoms with Crippen molar-refractivity contribution in [2.45, 2.75) is 47.0 Å². The highest BCUT2D eigenvalue weighted by atomic mass is 32.1. The van der Waals surface area contributed by atoms with Crippen molar-refractivity contribution in [3.05, 3.63) is 45.8 Å². The molecule has 1 heterocycles. The summed E-state index contributed by atoms with van der Waals surface area (Å²) >= 11 is 1.36. The van der Waals surface area contributed by atoms with Gasteiger partial charge in [-0.25, -0.2) is 4.79 Å². The fourth-order valence-electron chi connectivity index (χ4n) is 2.93. The number of hydrogen-bond donors (Lipinski definition) is 1. The number of rotatable bonds is 11. The van der Waals surface area contributed by atoms with E-state index in [0.717, 1.165) is 35.3 Å². The summed E-state index contributed by atoms with van der Waals surface area (Å²) in [5.41, 5.74) is 2.04. The van der Waals surface area contributed by atoms with Gasteiger partial charge in [-0.05, 0) is 56.5 Å². The van der Waals surface area contributed by atoms with Gasteiger partial charge in [0.25, 0.3) is 0 Å². The Balaban J connectivity index is 2.08. The lowest BCUT2D eigenvalue weighted by Gasteiger charge is -2.11. The van der Waals surface area contributed by atoms with Gasteiger partial charge in [0.15, 0.2) is 11.5 Å². The van der Waals surface area contributed by atoms with E-state index in [1.165, 1.54) is 17.4 Å². The maximum absolute atomic E-state index is 12.5. The van der Waals surface area contributed by atoms with Crippen LogP contribution in [0.15, 0.2) is 24.3 Å². The monoisotopic (exact) mass is 445 g/mol. The molecule has 1 aromatic carbocycles. The molecule has 0 radical (unpaired) electrons. The van der Waals surface area contributed by atoms with Crippen LogP contribution in [0.4, 0.5) is 5.00 Å². The highest BCUT2D eigenvalue weighted by molar-refractivity contribution is 7.16. The largest absolute Gasteiger partial charge is 0.493 e. The summed E-state index contributed by atoms with van der Waals surface area (Å²) in [4.78, 5) is 25.7. The third-order valence-corrected chi connectivity index (χ3v) is 5.84. The van der Waals surface area contributed by atoms with Gasteiger partial charge in [0, 0.05) is 11.0 Å². The van der Waals surface area contributed by atoms with E-state index < -0.39 is 5.97 Å². The Bertz CT molecular complexity index is 932. The lowest BCUT2D eigenvalue weighted by molar-refractivity contribution is -0.111. The number of benzene rings is 1. The van der Waals surface area contributed by atoms with Gasteiger partial charge in [0.2, 0.25) is 5.91 Å². The average molecular weight is 446 g/mol. The minimum Gasteiger partial charge on any atom is -0.493 e. The lowest BCUT2D eigenvalue weighted by atomic mass is 10.1. The first kappa shape index (κ1) is 24.5. The van der Waals surface area contributed by atoms with E-state index in [1.807, 2.05) is 32.0 Å². The smallest absolute Gasteiger partial charge is 0.341 e. The molecule has 0 aliphatic carbocycles. The van der Waals surface area contributed by atoms with Gasteiger partial charge in [-0.2, -0.15) is 0 Å². The fraction of sp³-hybridized carbons (Fsp3) is 0.417. The molecule has 0 saturated carbocycles. The highest BCUT2D eigenvalue weighted by Crippen LogP contribution is 2.33. The van der Waals surface area contributed by atoms with Crippen molar-refractivity contribution in [2.75, 3.05) is 25.6 Å². The Hall–Kier alpha value is -2.80. The molecule has 0 unspecified atom stereocenters. The summed E-state index contributed by atoms with van der Waals surface area (Å²) in [7, 11) is 1.59. The van der Waals surface area contributed by atoms with Crippen molar-refractivity contribution < 1.29 is 23.8 Å². The molecule has 1 amide bonds. The first-order valence-electron chi connectivity index (χ1n) is 10.5. The molecular formula is C24H31NO5S. The lowest BCUT2D eigenvalue weighted by Crippen LogP contribution is -2.12. The quantitative estimate of drug-likeness (QED) is 0.270. The molecule has 1 N–H and O–H groups in total. The van der Waals surface area contributed by atoms with Crippen molar-refractivity contribution in [1.29, 1.82) is 0 Å². The molecule has 7 heteroatoms. The zero-order chi connectivity index (χ0) is 22.8. The van der Waals surface area contributed by atoms with E-state index in [-0.39, 0.29) is 12.5 Å². The van der Waals surface area contributed by atoms with Crippen LogP contribution in [0, 0.1) is 13.8 Å². The Labute approximate surface area is 188 Å². The van der Waals surface area contributed by atoms with Gasteiger partial charge in [0.05, 0.1) is 25.9 Å². The van der Waals surface area contributed by atoms with E-state index in [2.05, 4.69) is 12.2 Å². The maximum atomic E-state index is 12.5. The molecule has 0 spiro atoms. The Morgan fingerprint density at radius 1 is 1.13 bits per heavy atom. The number of aryl methyl sites for hydroxylation is 1. The van der Waals surface area contributed by atoms with Gasteiger partial charge < -0.3 is 19.5 Å². The second-order valence-corrected chi connectivity index (χ2v) is 8.22. The molecule has 0 fully saturated rings. The minimum absolute atomic E-state index is 0.278. The summed E-state index contributed by atoms with van der Waals surface area (Å²) in [5, 5.41) is 3.29. The summed E-state index contributed by atoms with van der Waals surface area (Å²) in [6.45, 7) is 8.58. The number of esters is 1. The van der Waals surface area contributed by atoms with Crippen molar-refractivity contribution in [1.82, 2.24) is 0 Å². The van der Waals surface area contributed by atoms with Crippen molar-refractivity contribution in [3.8, 4) is 11.5 Å². The zero-order valence-corrected chi connectivity index (χ0v) is 19.7. The number of unbranched alkanes of at least 4 members (excludes halogenated alkanes) is 2. The summed E-state index contributed by atoms with van der Waals surface area (Å²) in [6.07, 6.45) is 6.38. The molecular weight excluding hydrogens is 414 g/mol. The minimum atomic E-state index is -0.428. The molecule has 168 valence electrons. The maximum Gasteiger partial charge on any atom is 0.341 e. The van der Waals surface area contributed by atoms with Crippen LogP contribution in [0.3, 0.4) is 0 Å². The predicted molar refractivity (Wildman–Crippen MR) is 125 cm³/mol. The van der Waals surface area contributed by atoms with Crippen molar-refractivity contribution in [3.63, 3.8) is 0 Å². The molecule has 0 aliphatic heterocycles. The van der Waals surface area contributed by atoms with Gasteiger partial charge in [-0.15, -0.1) is 11.3 Å². The summed E-state index contributed by atoms with van der Waals surface area (Å²) in [5.74, 6) is 0.547. The van der Waals surface area contributed by atoms with Crippen molar-refractivity contribution >= 4 is 34.3 Å². The molecule has 0 aliphatic rings. The van der Waals surface area contributed by atoms with Crippen LogP contribution in [0.1, 0.15) is 59.5 Å². The van der Waals surface area contributed by atoms with Crippen LogP contribution in [0.5, 0.6) is 11.5 Å². The Morgan fingerprint density at radius 2 is 1.90 bits per heavy atom. The van der Waals surface area contributed by atoms with Crippen LogP contribution in [-0.2, 0) is 9.53 Å². The highest BCUT2D eigenvalue weighted by Gasteiger charge is 2.21. The number of nitrogens with one attached hydrogen (secondary N) is 1. The molecule has 6 nitrogen and oxygen atoms in total. The topological polar surface area (TPSA) is 73.9 Å². The van der Waals surface area contributed by atoms with Gasteiger partial charge >= 0.3 is 5.97 Å². The number of ether oxygens (including phenoxy) is 3. The molecule has 1 aromatic heterocycles. The first-order chi connectivity index (χ1) is 14.9. The van der Waals surface area contributed by atoms with E-state index in [1.54, 1.807) is 20.1 Å². The third-order valence-electron chi connectivity index (χ3n) is 4.72. The van der Waals surface area contributed by atoms with Gasteiger partial charge in [-0.1, -0.05) is 25.8 Å². The van der Waals surface area contributed by atoms with Gasteiger partial charge in [0.1, 0.15) is 5.00 Å². The summed E-state index contributed by atoms with van der Waals surface area (Å²) < 4.78 is 16.3. The SMILES string of the molecule is CCCCCOc1ccc(/C=C/C(=O)Nc2sc(C)c(C)c2C(=O)OCC)cc1OC. The fourth-order valence-corrected chi connectivity index (χ4v) is 3.98. The average Bonchev–Trinajstić information content (AvgIpc) is 3.03. The zero-order valence-electron chi connectivity index (χ0n) is 18.9. The Kier molecular flexibility index (Phi) is 9.59. The molecule has 31 heavy (non-hydrogen) atoms. The number of carbonyl (C=O) groups excluding carboxylic acids is 2. The second-order valence-electron chi connectivity index (χ2n) is 7.00. The van der Waals surface area contributed by atoms with E-state index in [0.29, 0.717) is 28.7 Å². The van der Waals surface area contributed by atoms with Crippen LogP contribution in [0.25, 0.3) is 6.08 Å². The van der Waals surface area contributed by atoms with E-state index in [9.17, 15) is 9.59 Å². The molecule has 2 rings (SSSR count). The number of anilines is 1. The van der Waals surface area contributed by atoms with Crippen molar-refractivity contribution in [2.24, 2.45) is 0 Å². The van der Waals surface area contributed by atoms with E-state index >= 15 is 0 Å². The van der Waals surface area contributed by atoms with Crippen LogP contribution in [0.2, 0.25) is 0 Å². The standard InChI is InChI=1S/C24H31NO5S/c1-6-8-9-14-30-19-12-10-18(15-20(19)28-5)11-13-21(26)25-23-22(24(27)29-7-2)16(3)17(4)31-23/h10-13,15H,6-9,14H2,1-5H3,(H,25,26)/b13-11+.